The molecule has 14 heavy (non-hydrogen) atoms. The Balaban J connectivity index is 4.24. The van der Waals surface area contributed by atoms with Gasteiger partial charge in [0.25, 0.3) is 11.9 Å². The summed E-state index contributed by atoms with van der Waals surface area (Å²) in [5.41, 5.74) is 0.770. The van der Waals surface area contributed by atoms with Crippen molar-refractivity contribution in [3.05, 3.63) is 0 Å². The van der Waals surface area contributed by atoms with Crippen molar-refractivity contribution in [1.82, 2.24) is 0 Å². The van der Waals surface area contributed by atoms with E-state index in [0.717, 1.165) is 5.67 Å². The summed E-state index contributed by atoms with van der Waals surface area (Å²) in [4.78, 5) is 21.5. The highest BCUT2D eigenvalue weighted by atomic mass is 28.4. The molecular weight excluding hydrogens is 216 g/mol. The molecule has 6 heteroatoms. The molecule has 0 saturated heterocycles. The first-order valence-electron chi connectivity index (χ1n) is 4.55. The third kappa shape index (κ3) is 7.99. The molecule has 0 heterocycles. The van der Waals surface area contributed by atoms with E-state index in [1.165, 1.54) is 13.8 Å². The van der Waals surface area contributed by atoms with Crippen LogP contribution in [0.3, 0.4) is 0 Å². The van der Waals surface area contributed by atoms with Crippen molar-refractivity contribution >= 4 is 29.3 Å². The van der Waals surface area contributed by atoms with Gasteiger partial charge in [-0.25, -0.2) is 0 Å². The van der Waals surface area contributed by atoms with Gasteiger partial charge in [0, 0.05) is 27.6 Å². The van der Waals surface area contributed by atoms with Gasteiger partial charge in [-0.15, -0.1) is 0 Å². The zero-order valence-corrected chi connectivity index (χ0v) is 11.6. The van der Waals surface area contributed by atoms with Crippen LogP contribution in [-0.2, 0) is 18.4 Å². The monoisotopic (exact) mass is 234 g/mol. The van der Waals surface area contributed by atoms with Crippen LogP contribution < -0.4 is 0 Å². The van der Waals surface area contributed by atoms with Gasteiger partial charge in [0.2, 0.25) is 0 Å². The van der Waals surface area contributed by atoms with E-state index in [9.17, 15) is 9.59 Å². The summed E-state index contributed by atoms with van der Waals surface area (Å²) >= 11 is 0. The lowest BCUT2D eigenvalue weighted by Gasteiger charge is -2.21. The minimum absolute atomic E-state index is 0.360. The second-order valence-corrected chi connectivity index (χ2v) is 12.5. The molecule has 0 amide bonds. The van der Waals surface area contributed by atoms with E-state index in [1.54, 1.807) is 0 Å². The van der Waals surface area contributed by atoms with E-state index in [-0.39, 0.29) is 11.9 Å². The predicted octanol–water partition coefficient (Wildman–Crippen LogP) is 1.21. The third-order valence-electron chi connectivity index (χ3n) is 1.37. The Hall–Kier alpha value is -0.626. The van der Waals surface area contributed by atoms with E-state index in [0.29, 0.717) is 0 Å². The topological polar surface area (TPSA) is 52.6 Å². The molecule has 0 aliphatic rings. The minimum atomic E-state index is -2.11. The second kappa shape index (κ2) is 5.30. The number of hydrogen-bond donors (Lipinski definition) is 0. The van der Waals surface area contributed by atoms with E-state index >= 15 is 0 Å². The van der Waals surface area contributed by atoms with Gasteiger partial charge >= 0.3 is 9.28 Å². The average Bonchev–Trinajstić information content (AvgIpc) is 1.77. The van der Waals surface area contributed by atoms with Crippen LogP contribution >= 0.6 is 0 Å². The summed E-state index contributed by atoms with van der Waals surface area (Å²) < 4.78 is 10.1. The van der Waals surface area contributed by atoms with E-state index in [2.05, 4.69) is 19.6 Å². The molecule has 0 saturated carbocycles. The van der Waals surface area contributed by atoms with Crippen molar-refractivity contribution in [1.29, 1.82) is 0 Å². The molecule has 0 spiro atoms. The van der Waals surface area contributed by atoms with Crippen LogP contribution in [0, 0.1) is 0 Å². The van der Waals surface area contributed by atoms with Gasteiger partial charge in [-0.1, -0.05) is 19.6 Å². The van der Waals surface area contributed by atoms with Crippen molar-refractivity contribution in [3.63, 3.8) is 0 Å². The smallest absolute Gasteiger partial charge is 0.445 e. The largest absolute Gasteiger partial charge is 0.487 e. The summed E-state index contributed by atoms with van der Waals surface area (Å²) in [6.07, 6.45) is 0. The Morgan fingerprint density at radius 2 is 1.43 bits per heavy atom. The molecule has 0 N–H and O–H groups in total. The third-order valence-corrected chi connectivity index (χ3v) is 8.80. The van der Waals surface area contributed by atoms with Gasteiger partial charge < -0.3 is 8.85 Å². The Morgan fingerprint density at radius 3 is 1.64 bits per heavy atom. The Morgan fingerprint density at radius 1 is 1.07 bits per heavy atom. The SMILES string of the molecule is CC(=O)O[SiH](C[Si](C)(C)C)OC(C)=O. The summed E-state index contributed by atoms with van der Waals surface area (Å²) in [5.74, 6) is -0.720. The lowest BCUT2D eigenvalue weighted by atomic mass is 10.9. The van der Waals surface area contributed by atoms with Crippen molar-refractivity contribution in [2.24, 2.45) is 0 Å². The molecule has 0 aromatic rings. The van der Waals surface area contributed by atoms with Gasteiger partial charge in [-0.05, 0) is 0 Å². The summed E-state index contributed by atoms with van der Waals surface area (Å²) in [5, 5.41) is 0. The van der Waals surface area contributed by atoms with Crippen LogP contribution in [0.5, 0.6) is 0 Å². The number of carbonyl (C=O) groups is 2. The summed E-state index contributed by atoms with van der Waals surface area (Å²) in [6.45, 7) is 9.14. The maximum atomic E-state index is 10.8. The van der Waals surface area contributed by atoms with Gasteiger partial charge in [0.1, 0.15) is 0 Å². The maximum absolute atomic E-state index is 10.8. The highest BCUT2D eigenvalue weighted by molar-refractivity contribution is 6.85. The highest BCUT2D eigenvalue weighted by Crippen LogP contribution is 2.12. The fourth-order valence-electron chi connectivity index (χ4n) is 0.978. The van der Waals surface area contributed by atoms with Crippen LogP contribution in [-0.4, -0.2) is 29.3 Å². The Labute approximate surface area is 87.4 Å². The molecule has 0 aromatic carbocycles. The normalized spacial score (nSPS) is 11.3. The van der Waals surface area contributed by atoms with Crippen LogP contribution in [0.15, 0.2) is 0 Å². The standard InChI is InChI=1S/C8H18O4Si2/c1-7(9)11-13(12-8(2)10)6-14(3,4)5/h13H,6H2,1-5H3. The summed E-state index contributed by atoms with van der Waals surface area (Å²) in [7, 11) is -3.46. The molecule has 0 atom stereocenters. The fraction of sp³-hybridized carbons (Fsp3) is 0.750. The van der Waals surface area contributed by atoms with E-state index in [4.69, 9.17) is 8.85 Å². The zero-order chi connectivity index (χ0) is 11.4. The van der Waals surface area contributed by atoms with Crippen LogP contribution in [0.2, 0.25) is 25.3 Å². The lowest BCUT2D eigenvalue weighted by Crippen LogP contribution is -2.36. The fourth-order valence-corrected chi connectivity index (χ4v) is 6.43. The molecule has 4 nitrogen and oxygen atoms in total. The van der Waals surface area contributed by atoms with Crippen molar-refractivity contribution in [2.75, 3.05) is 0 Å². The van der Waals surface area contributed by atoms with E-state index in [1.807, 2.05) is 0 Å². The van der Waals surface area contributed by atoms with Crippen LogP contribution in [0.25, 0.3) is 0 Å². The summed E-state index contributed by atoms with van der Waals surface area (Å²) in [6, 6.07) is 0. The van der Waals surface area contributed by atoms with Gasteiger partial charge in [0.15, 0.2) is 0 Å². The first kappa shape index (κ1) is 13.4. The van der Waals surface area contributed by atoms with Crippen LogP contribution in [0.4, 0.5) is 0 Å². The maximum Gasteiger partial charge on any atom is 0.445 e. The first-order chi connectivity index (χ1) is 6.20. The van der Waals surface area contributed by atoms with Crippen molar-refractivity contribution in [3.8, 4) is 0 Å². The van der Waals surface area contributed by atoms with Crippen LogP contribution in [0.1, 0.15) is 13.8 Å². The number of carbonyl (C=O) groups excluding carboxylic acids is 2. The molecule has 0 aromatic heterocycles. The van der Waals surface area contributed by atoms with Gasteiger partial charge in [-0.2, -0.15) is 0 Å². The quantitative estimate of drug-likeness (QED) is 0.686. The molecule has 0 radical (unpaired) electrons. The van der Waals surface area contributed by atoms with Gasteiger partial charge in [-0.3, -0.25) is 9.59 Å². The molecule has 0 bridgehead atoms. The Kier molecular flexibility index (Phi) is 5.07. The Bertz CT molecular complexity index is 206. The first-order valence-corrected chi connectivity index (χ1v) is 10.0. The molecule has 82 valence electrons. The number of hydrogen-bond acceptors (Lipinski definition) is 4. The molecule has 0 fully saturated rings. The molecule has 0 unspecified atom stereocenters. The minimum Gasteiger partial charge on any atom is -0.487 e. The average molecular weight is 234 g/mol. The van der Waals surface area contributed by atoms with Crippen molar-refractivity contribution < 1.29 is 18.4 Å². The second-order valence-electron chi connectivity index (χ2n) is 4.41. The lowest BCUT2D eigenvalue weighted by molar-refractivity contribution is -0.137. The highest BCUT2D eigenvalue weighted by Gasteiger charge is 2.28. The molecular formula is C8H18O4Si2. The van der Waals surface area contributed by atoms with Gasteiger partial charge in [0.05, 0.1) is 0 Å². The van der Waals surface area contributed by atoms with E-state index < -0.39 is 17.4 Å². The predicted molar refractivity (Wildman–Crippen MR) is 58.8 cm³/mol. The molecule has 0 aliphatic carbocycles. The zero-order valence-electron chi connectivity index (χ0n) is 9.42. The van der Waals surface area contributed by atoms with Crippen molar-refractivity contribution in [2.45, 2.75) is 39.2 Å². The number of rotatable bonds is 4. The molecule has 0 aliphatic heterocycles. The molecule has 0 rings (SSSR count).